The Bertz CT molecular complexity index is 816. The zero-order valence-electron chi connectivity index (χ0n) is 17.7. The quantitative estimate of drug-likeness (QED) is 0.757. The highest BCUT2D eigenvalue weighted by Crippen LogP contribution is 2.26. The largest absolute Gasteiger partial charge is 0.353 e. The van der Waals surface area contributed by atoms with Gasteiger partial charge in [-0.3, -0.25) is 9.80 Å². The molecule has 0 bridgehead atoms. The van der Waals surface area contributed by atoms with Crippen molar-refractivity contribution in [2.45, 2.75) is 25.9 Å². The fraction of sp³-hybridized carbons (Fsp3) is 0.545. The van der Waals surface area contributed by atoms with Crippen molar-refractivity contribution in [2.75, 3.05) is 57.3 Å². The van der Waals surface area contributed by atoms with Gasteiger partial charge in [0.15, 0.2) is 5.82 Å². The molecule has 1 N–H and O–H groups in total. The summed E-state index contributed by atoms with van der Waals surface area (Å²) in [5.74, 6) is 0.924. The average Bonchev–Trinajstić information content (AvgIpc) is 2.74. The topological polar surface area (TPSA) is 47.5 Å². The number of hydrogen-bond donors (Lipinski definition) is 1. The van der Waals surface area contributed by atoms with Crippen molar-refractivity contribution in [1.82, 2.24) is 25.3 Å². The predicted molar refractivity (Wildman–Crippen MR) is 125 cm³/mol. The Kier molecular flexibility index (Phi) is 7.11. The fourth-order valence-corrected chi connectivity index (χ4v) is 4.79. The van der Waals surface area contributed by atoms with Crippen molar-refractivity contribution in [3.05, 3.63) is 40.4 Å². The number of anilines is 1. The van der Waals surface area contributed by atoms with E-state index in [1.165, 1.54) is 0 Å². The molecule has 1 aromatic carbocycles. The molecule has 1 atom stereocenters. The van der Waals surface area contributed by atoms with Crippen LogP contribution in [0.25, 0.3) is 11.3 Å². The van der Waals surface area contributed by atoms with E-state index in [2.05, 4.69) is 44.1 Å². The summed E-state index contributed by atoms with van der Waals surface area (Å²) in [5.41, 5.74) is 1.66. The SMILES string of the molecule is CC(C)N1CCNC(CN2CCN(c3ccc(-c4cc(Cl)cc(Cl)c4)nn3)CC2)C1. The summed E-state index contributed by atoms with van der Waals surface area (Å²) in [6.07, 6.45) is 0. The van der Waals surface area contributed by atoms with Crippen LogP contribution in [0.3, 0.4) is 0 Å². The number of nitrogens with zero attached hydrogens (tertiary/aromatic N) is 5. The molecule has 2 saturated heterocycles. The van der Waals surface area contributed by atoms with Crippen molar-refractivity contribution in [2.24, 2.45) is 0 Å². The summed E-state index contributed by atoms with van der Waals surface area (Å²) in [4.78, 5) is 7.45. The summed E-state index contributed by atoms with van der Waals surface area (Å²) < 4.78 is 0. The lowest BCUT2D eigenvalue weighted by Crippen LogP contribution is -2.58. The molecule has 1 unspecified atom stereocenters. The van der Waals surface area contributed by atoms with Crippen LogP contribution in [-0.4, -0.2) is 84.4 Å². The number of benzene rings is 1. The van der Waals surface area contributed by atoms with Gasteiger partial charge in [0.05, 0.1) is 5.69 Å². The van der Waals surface area contributed by atoms with Crippen molar-refractivity contribution in [3.8, 4) is 11.3 Å². The molecule has 8 heteroatoms. The van der Waals surface area contributed by atoms with Crippen LogP contribution in [0.4, 0.5) is 5.82 Å². The van der Waals surface area contributed by atoms with Crippen LogP contribution in [-0.2, 0) is 0 Å². The van der Waals surface area contributed by atoms with Gasteiger partial charge in [-0.1, -0.05) is 23.2 Å². The molecule has 0 radical (unpaired) electrons. The third-order valence-corrected chi connectivity index (χ3v) is 6.44. The molecule has 4 rings (SSSR count). The van der Waals surface area contributed by atoms with Crippen molar-refractivity contribution in [1.29, 1.82) is 0 Å². The minimum atomic E-state index is 0.552. The predicted octanol–water partition coefficient (Wildman–Crippen LogP) is 3.25. The second kappa shape index (κ2) is 9.79. The maximum Gasteiger partial charge on any atom is 0.151 e. The lowest BCUT2D eigenvalue weighted by Gasteiger charge is -2.41. The standard InChI is InChI=1S/C22H30Cl2N6/c1-16(2)30-6-5-25-20(15-30)14-28-7-9-29(10-8-28)22-4-3-21(26-27-22)17-11-18(23)13-19(24)12-17/h3-4,11-13,16,20,25H,5-10,14-15H2,1-2H3. The molecule has 1 aromatic heterocycles. The summed E-state index contributed by atoms with van der Waals surface area (Å²) in [5, 5.41) is 13.8. The number of nitrogens with one attached hydrogen (secondary N) is 1. The van der Waals surface area contributed by atoms with E-state index < -0.39 is 0 Å². The maximum atomic E-state index is 6.11. The zero-order valence-corrected chi connectivity index (χ0v) is 19.2. The average molecular weight is 449 g/mol. The van der Waals surface area contributed by atoms with Crippen LogP contribution >= 0.6 is 23.2 Å². The van der Waals surface area contributed by atoms with Crippen molar-refractivity contribution < 1.29 is 0 Å². The van der Waals surface area contributed by atoms with Crippen molar-refractivity contribution in [3.63, 3.8) is 0 Å². The molecule has 0 aliphatic carbocycles. The molecule has 0 amide bonds. The Morgan fingerprint density at radius 3 is 2.37 bits per heavy atom. The monoisotopic (exact) mass is 448 g/mol. The van der Waals surface area contributed by atoms with Crippen molar-refractivity contribution >= 4 is 29.0 Å². The number of halogens is 2. The normalized spacial score (nSPS) is 21.4. The minimum Gasteiger partial charge on any atom is -0.353 e. The Hall–Kier alpha value is -1.44. The lowest BCUT2D eigenvalue weighted by molar-refractivity contribution is 0.131. The van der Waals surface area contributed by atoms with Crippen LogP contribution in [0.1, 0.15) is 13.8 Å². The molecule has 2 aliphatic heterocycles. The molecule has 30 heavy (non-hydrogen) atoms. The van der Waals surface area contributed by atoms with Gasteiger partial charge in [0, 0.05) is 80.1 Å². The molecular weight excluding hydrogens is 419 g/mol. The molecule has 0 saturated carbocycles. The van der Waals surface area contributed by atoms with Gasteiger partial charge < -0.3 is 10.2 Å². The Morgan fingerprint density at radius 1 is 1.00 bits per heavy atom. The highest BCUT2D eigenvalue weighted by molar-refractivity contribution is 6.35. The van der Waals surface area contributed by atoms with Crippen LogP contribution < -0.4 is 10.2 Å². The summed E-state index contributed by atoms with van der Waals surface area (Å²) in [6.45, 7) is 13.1. The molecule has 2 aromatic rings. The first-order valence-electron chi connectivity index (χ1n) is 10.7. The molecule has 0 spiro atoms. The summed E-state index contributed by atoms with van der Waals surface area (Å²) in [6, 6.07) is 10.6. The van der Waals surface area contributed by atoms with E-state index >= 15 is 0 Å². The van der Waals surface area contributed by atoms with Gasteiger partial charge >= 0.3 is 0 Å². The number of aromatic nitrogens is 2. The molecule has 2 aliphatic rings. The van der Waals surface area contributed by atoms with Crippen LogP contribution in [0.5, 0.6) is 0 Å². The van der Waals surface area contributed by atoms with E-state index in [9.17, 15) is 0 Å². The first-order chi connectivity index (χ1) is 14.5. The molecule has 6 nitrogen and oxygen atoms in total. The fourth-order valence-electron chi connectivity index (χ4n) is 4.26. The van der Waals surface area contributed by atoms with Crippen LogP contribution in [0.2, 0.25) is 10.0 Å². The minimum absolute atomic E-state index is 0.552. The van der Waals surface area contributed by atoms with Gasteiger partial charge in [-0.2, -0.15) is 0 Å². The van der Waals surface area contributed by atoms with Gasteiger partial charge in [-0.05, 0) is 44.2 Å². The smallest absolute Gasteiger partial charge is 0.151 e. The highest BCUT2D eigenvalue weighted by Gasteiger charge is 2.25. The molecule has 3 heterocycles. The molecule has 2 fully saturated rings. The van der Waals surface area contributed by atoms with Gasteiger partial charge in [0.2, 0.25) is 0 Å². The lowest BCUT2D eigenvalue weighted by atomic mass is 10.1. The van der Waals surface area contributed by atoms with E-state index in [-0.39, 0.29) is 0 Å². The van der Waals surface area contributed by atoms with Gasteiger partial charge in [-0.25, -0.2) is 0 Å². The Balaban J connectivity index is 1.31. The second-order valence-corrected chi connectivity index (χ2v) is 9.34. The van der Waals surface area contributed by atoms with Crippen LogP contribution in [0.15, 0.2) is 30.3 Å². The van der Waals surface area contributed by atoms with E-state index in [1.807, 2.05) is 24.3 Å². The first kappa shape index (κ1) is 21.8. The van der Waals surface area contributed by atoms with E-state index in [0.29, 0.717) is 22.1 Å². The van der Waals surface area contributed by atoms with Gasteiger partial charge in [0.1, 0.15) is 0 Å². The summed E-state index contributed by atoms with van der Waals surface area (Å²) in [7, 11) is 0. The summed E-state index contributed by atoms with van der Waals surface area (Å²) >= 11 is 12.2. The second-order valence-electron chi connectivity index (χ2n) is 8.46. The van der Waals surface area contributed by atoms with Gasteiger partial charge in [0.25, 0.3) is 0 Å². The number of piperazine rings is 2. The number of rotatable bonds is 5. The third-order valence-electron chi connectivity index (χ3n) is 6.00. The van der Waals surface area contributed by atoms with E-state index in [0.717, 1.165) is 69.4 Å². The maximum absolute atomic E-state index is 6.11. The highest BCUT2D eigenvalue weighted by atomic mass is 35.5. The first-order valence-corrected chi connectivity index (χ1v) is 11.5. The van der Waals surface area contributed by atoms with Crippen LogP contribution in [0, 0.1) is 0 Å². The third kappa shape index (κ3) is 5.42. The molecular formula is C22H30Cl2N6. The number of hydrogen-bond acceptors (Lipinski definition) is 6. The zero-order chi connectivity index (χ0) is 21.1. The van der Waals surface area contributed by atoms with Gasteiger partial charge in [-0.15, -0.1) is 10.2 Å². The Labute approximate surface area is 189 Å². The Morgan fingerprint density at radius 2 is 1.73 bits per heavy atom. The van der Waals surface area contributed by atoms with E-state index in [1.54, 1.807) is 6.07 Å². The molecule has 162 valence electrons. The van der Waals surface area contributed by atoms with E-state index in [4.69, 9.17) is 23.2 Å².